The molecule has 0 N–H and O–H groups in total. The van der Waals surface area contributed by atoms with Gasteiger partial charge in [-0.25, -0.2) is 0 Å². The average Bonchev–Trinajstić information content (AvgIpc) is 2.73. The van der Waals surface area contributed by atoms with E-state index in [0.29, 0.717) is 11.9 Å². The van der Waals surface area contributed by atoms with Gasteiger partial charge in [-0.1, -0.05) is 6.92 Å². The first-order valence-electron chi connectivity index (χ1n) is 6.57. The summed E-state index contributed by atoms with van der Waals surface area (Å²) in [5, 5.41) is 4.49. The van der Waals surface area contributed by atoms with E-state index in [1.165, 1.54) is 5.69 Å². The molecule has 4 nitrogen and oxygen atoms in total. The van der Waals surface area contributed by atoms with Gasteiger partial charge in [0.25, 0.3) is 0 Å². The van der Waals surface area contributed by atoms with Crippen LogP contribution in [0.2, 0.25) is 0 Å². The molecular formula is C13H22ClN3O. The van der Waals surface area contributed by atoms with Gasteiger partial charge in [-0.2, -0.15) is 5.10 Å². The van der Waals surface area contributed by atoms with Crippen molar-refractivity contribution in [3.05, 3.63) is 17.5 Å². The van der Waals surface area contributed by atoms with Gasteiger partial charge in [-0.15, -0.1) is 11.6 Å². The first-order valence-corrected chi connectivity index (χ1v) is 7.10. The van der Waals surface area contributed by atoms with Crippen molar-refractivity contribution < 1.29 is 4.74 Å². The van der Waals surface area contributed by atoms with Crippen LogP contribution in [-0.4, -0.2) is 45.9 Å². The van der Waals surface area contributed by atoms with Crippen LogP contribution in [0.15, 0.2) is 6.07 Å². The molecule has 102 valence electrons. The molecule has 1 aliphatic heterocycles. The van der Waals surface area contributed by atoms with E-state index >= 15 is 0 Å². The number of aryl methyl sites for hydroxylation is 2. The second kappa shape index (κ2) is 6.04. The highest BCUT2D eigenvalue weighted by atomic mass is 35.5. The van der Waals surface area contributed by atoms with Crippen LogP contribution in [0.1, 0.15) is 25.2 Å². The fourth-order valence-electron chi connectivity index (χ4n) is 2.29. The van der Waals surface area contributed by atoms with E-state index in [4.69, 9.17) is 16.3 Å². The maximum Gasteiger partial charge on any atom is 0.0838 e. The summed E-state index contributed by atoms with van der Waals surface area (Å²) in [7, 11) is 2.01. The Morgan fingerprint density at radius 2 is 2.33 bits per heavy atom. The number of rotatable bonds is 4. The average molecular weight is 272 g/mol. The van der Waals surface area contributed by atoms with Crippen LogP contribution in [0.3, 0.4) is 0 Å². The van der Waals surface area contributed by atoms with E-state index in [2.05, 4.69) is 29.9 Å². The van der Waals surface area contributed by atoms with Gasteiger partial charge in [0, 0.05) is 32.1 Å². The molecule has 1 aromatic heterocycles. The third kappa shape index (κ3) is 3.05. The zero-order valence-corrected chi connectivity index (χ0v) is 12.2. The summed E-state index contributed by atoms with van der Waals surface area (Å²) in [6, 6.07) is 2.63. The summed E-state index contributed by atoms with van der Waals surface area (Å²) >= 11 is 5.88. The molecule has 18 heavy (non-hydrogen) atoms. The largest absolute Gasteiger partial charge is 0.374 e. The standard InChI is InChI=1S/C13H22ClN3O/c1-4-11-5-12(16(3)15-11)7-17-8-13(6-14)18-9-10(17)2/h5,10,13H,4,6-9H2,1-3H3. The molecule has 5 heteroatoms. The summed E-state index contributed by atoms with van der Waals surface area (Å²) in [4.78, 5) is 2.42. The first kappa shape index (κ1) is 13.8. The molecule has 0 amide bonds. The van der Waals surface area contributed by atoms with Crippen LogP contribution in [0.5, 0.6) is 0 Å². The molecule has 0 bridgehead atoms. The fraction of sp³-hybridized carbons (Fsp3) is 0.769. The minimum atomic E-state index is 0.154. The van der Waals surface area contributed by atoms with E-state index in [1.54, 1.807) is 0 Å². The lowest BCUT2D eigenvalue weighted by molar-refractivity contribution is -0.0518. The predicted octanol–water partition coefficient (Wildman–Crippen LogP) is 1.81. The second-order valence-electron chi connectivity index (χ2n) is 4.99. The SMILES string of the molecule is CCc1cc(CN2CC(CCl)OCC2C)n(C)n1. The lowest BCUT2D eigenvalue weighted by Gasteiger charge is -2.37. The molecule has 1 fully saturated rings. The Hall–Kier alpha value is -0.580. The third-order valence-electron chi connectivity index (χ3n) is 3.56. The van der Waals surface area contributed by atoms with Gasteiger partial charge in [-0.3, -0.25) is 9.58 Å². The third-order valence-corrected chi connectivity index (χ3v) is 3.91. The quantitative estimate of drug-likeness (QED) is 0.783. The fourth-order valence-corrected chi connectivity index (χ4v) is 2.48. The number of alkyl halides is 1. The topological polar surface area (TPSA) is 30.3 Å². The van der Waals surface area contributed by atoms with E-state index in [1.807, 2.05) is 11.7 Å². The van der Waals surface area contributed by atoms with Gasteiger partial charge in [0.15, 0.2) is 0 Å². The number of nitrogens with zero attached hydrogens (tertiary/aromatic N) is 3. The molecule has 0 spiro atoms. The molecule has 2 heterocycles. The molecule has 1 saturated heterocycles. The zero-order chi connectivity index (χ0) is 13.1. The number of hydrogen-bond donors (Lipinski definition) is 0. The van der Waals surface area contributed by atoms with Crippen LogP contribution in [0.25, 0.3) is 0 Å². The molecule has 2 unspecified atom stereocenters. The van der Waals surface area contributed by atoms with Gasteiger partial charge in [0.1, 0.15) is 0 Å². The summed E-state index contributed by atoms with van der Waals surface area (Å²) in [6.07, 6.45) is 1.14. The van der Waals surface area contributed by atoms with Crippen LogP contribution in [-0.2, 0) is 24.8 Å². The number of hydrogen-bond acceptors (Lipinski definition) is 3. The highest BCUT2D eigenvalue weighted by molar-refractivity contribution is 6.18. The second-order valence-corrected chi connectivity index (χ2v) is 5.30. The van der Waals surface area contributed by atoms with E-state index in [9.17, 15) is 0 Å². The van der Waals surface area contributed by atoms with Crippen LogP contribution in [0, 0.1) is 0 Å². The minimum Gasteiger partial charge on any atom is -0.374 e. The predicted molar refractivity (Wildman–Crippen MR) is 72.9 cm³/mol. The molecule has 0 aromatic carbocycles. The van der Waals surface area contributed by atoms with Crippen molar-refractivity contribution in [2.24, 2.45) is 7.05 Å². The Bertz CT molecular complexity index is 394. The number of aromatic nitrogens is 2. The van der Waals surface area contributed by atoms with Crippen molar-refractivity contribution in [1.29, 1.82) is 0 Å². The Balaban J connectivity index is 2.04. The summed E-state index contributed by atoms with van der Waals surface area (Å²) < 4.78 is 7.65. The summed E-state index contributed by atoms with van der Waals surface area (Å²) in [6.45, 7) is 6.91. The summed E-state index contributed by atoms with van der Waals surface area (Å²) in [5.74, 6) is 0.564. The molecule has 1 aliphatic rings. The van der Waals surface area contributed by atoms with Gasteiger partial charge < -0.3 is 4.74 Å². The highest BCUT2D eigenvalue weighted by Gasteiger charge is 2.26. The Morgan fingerprint density at radius 3 is 2.94 bits per heavy atom. The number of morpholine rings is 1. The lowest BCUT2D eigenvalue weighted by Crippen LogP contribution is -2.48. The maximum absolute atomic E-state index is 5.88. The highest BCUT2D eigenvalue weighted by Crippen LogP contribution is 2.16. The van der Waals surface area contributed by atoms with E-state index in [0.717, 1.165) is 31.8 Å². The van der Waals surface area contributed by atoms with Crippen LogP contribution >= 0.6 is 11.6 Å². The maximum atomic E-state index is 5.88. The smallest absolute Gasteiger partial charge is 0.0838 e. The normalized spacial score (nSPS) is 25.6. The van der Waals surface area contributed by atoms with Gasteiger partial charge in [0.2, 0.25) is 0 Å². The molecule has 2 atom stereocenters. The van der Waals surface area contributed by atoms with Crippen LogP contribution < -0.4 is 0 Å². The van der Waals surface area contributed by atoms with E-state index < -0.39 is 0 Å². The number of ether oxygens (including phenoxy) is 1. The lowest BCUT2D eigenvalue weighted by atomic mass is 10.2. The molecule has 0 saturated carbocycles. The molecule has 0 radical (unpaired) electrons. The van der Waals surface area contributed by atoms with Gasteiger partial charge in [-0.05, 0) is 19.4 Å². The Labute approximate surface area is 114 Å². The molecular weight excluding hydrogens is 250 g/mol. The van der Waals surface area contributed by atoms with E-state index in [-0.39, 0.29) is 6.10 Å². The van der Waals surface area contributed by atoms with Gasteiger partial charge in [0.05, 0.1) is 24.1 Å². The zero-order valence-electron chi connectivity index (χ0n) is 11.4. The Kier molecular flexibility index (Phi) is 4.65. The van der Waals surface area contributed by atoms with Crippen LogP contribution in [0.4, 0.5) is 0 Å². The molecule has 1 aromatic rings. The van der Waals surface area contributed by atoms with Crippen molar-refractivity contribution in [3.63, 3.8) is 0 Å². The van der Waals surface area contributed by atoms with Crippen molar-refractivity contribution in [3.8, 4) is 0 Å². The first-order chi connectivity index (χ1) is 8.63. The minimum absolute atomic E-state index is 0.154. The Morgan fingerprint density at radius 1 is 1.56 bits per heavy atom. The number of halogens is 1. The van der Waals surface area contributed by atoms with Crippen molar-refractivity contribution in [2.45, 2.75) is 39.0 Å². The van der Waals surface area contributed by atoms with Gasteiger partial charge >= 0.3 is 0 Å². The van der Waals surface area contributed by atoms with Crippen molar-refractivity contribution >= 4 is 11.6 Å². The molecule has 0 aliphatic carbocycles. The summed E-state index contributed by atoms with van der Waals surface area (Å²) in [5.41, 5.74) is 2.41. The van der Waals surface area contributed by atoms with Crippen molar-refractivity contribution in [2.75, 3.05) is 19.0 Å². The molecule has 2 rings (SSSR count). The monoisotopic (exact) mass is 271 g/mol. The van der Waals surface area contributed by atoms with Crippen molar-refractivity contribution in [1.82, 2.24) is 14.7 Å².